The van der Waals surface area contributed by atoms with Crippen molar-refractivity contribution in [2.75, 3.05) is 6.56 Å². The van der Waals surface area contributed by atoms with E-state index in [0.29, 0.717) is 4.68 Å². The zero-order valence-corrected chi connectivity index (χ0v) is 9.48. The van der Waals surface area contributed by atoms with Crippen LogP contribution < -0.4 is 17.0 Å². The molecule has 2 heterocycles. The summed E-state index contributed by atoms with van der Waals surface area (Å²) in [5.41, 5.74) is 1.98. The van der Waals surface area contributed by atoms with Gasteiger partial charge in [0.05, 0.1) is 9.30 Å². The van der Waals surface area contributed by atoms with Gasteiger partial charge in [-0.15, -0.1) is 6.42 Å². The Morgan fingerprint density at radius 1 is 1.79 bits per heavy atom. The molecule has 1 aromatic heterocycles. The van der Waals surface area contributed by atoms with E-state index in [4.69, 9.17) is 19.6 Å². The molecule has 4 atom stereocenters. The molecule has 5 N–H and O–H groups in total. The molecule has 0 aliphatic carbocycles. The Morgan fingerprint density at radius 3 is 3.00 bits per heavy atom. The lowest BCUT2D eigenvalue weighted by Crippen LogP contribution is -2.55. The number of aliphatic hydroxyl groups is 2. The number of aromatic amines is 1. The summed E-state index contributed by atoms with van der Waals surface area (Å²) in [4.78, 5) is 24.6. The summed E-state index contributed by atoms with van der Waals surface area (Å²) in [6.07, 6.45) is 0.808. The average Bonchev–Trinajstić information content (AvgIpc) is 2.63. The molecule has 1 aliphatic rings. The zero-order chi connectivity index (χ0) is 16.0. The first-order valence-electron chi connectivity index (χ1n) is 6.12. The fourth-order valence-corrected chi connectivity index (χ4v) is 1.77. The second-order valence-corrected chi connectivity index (χ2v) is 3.94. The van der Waals surface area contributed by atoms with E-state index in [2.05, 4.69) is 5.10 Å². The molecule has 1 unspecified atom stereocenters. The number of H-pyrrole nitrogens is 1. The van der Waals surface area contributed by atoms with Crippen LogP contribution in [0, 0.1) is 12.3 Å². The van der Waals surface area contributed by atoms with E-state index in [9.17, 15) is 19.8 Å². The lowest BCUT2D eigenvalue weighted by Gasteiger charge is -2.26. The first-order valence-corrected chi connectivity index (χ1v) is 5.12. The lowest BCUT2D eigenvalue weighted by atomic mass is 9.92. The van der Waals surface area contributed by atoms with Crippen LogP contribution in [0.2, 0.25) is 0 Å². The third-order valence-electron chi connectivity index (χ3n) is 2.80. The number of nitrogens with one attached hydrogen (secondary N) is 1. The van der Waals surface area contributed by atoms with Gasteiger partial charge in [-0.3, -0.25) is 9.78 Å². The summed E-state index contributed by atoms with van der Waals surface area (Å²) in [6.45, 7) is -2.96. The number of nitrogens with two attached hydrogens (primary N) is 1. The van der Waals surface area contributed by atoms with Crippen LogP contribution in [0.3, 0.4) is 0 Å². The zero-order valence-electron chi connectivity index (χ0n) is 11.5. The first kappa shape index (κ1) is 10.9. The molecule has 0 bridgehead atoms. The largest absolute Gasteiger partial charge is 0.394 e. The van der Waals surface area contributed by atoms with E-state index < -0.39 is 41.8 Å². The van der Waals surface area contributed by atoms with Crippen LogP contribution in [0.15, 0.2) is 15.8 Å². The monoisotopic (exact) mass is 270 g/mol. The third-order valence-corrected chi connectivity index (χ3v) is 2.80. The van der Waals surface area contributed by atoms with E-state index in [1.165, 1.54) is 0 Å². The number of ether oxygens (including phenoxy) is 1. The molecule has 19 heavy (non-hydrogen) atoms. The standard InChI is InChI=1S/C10H12N4O5/c1-2-10(11)7(17)5(4-15)19-8(10)14-9(18)13-6(16)3-12-14/h1,3,5,7-8,15,17H,4,11H2,(H,13,16,18)/t5-,7+,8-,10?/m1/s1/i4D2. The molecular weight excluding hydrogens is 256 g/mol. The smallest absolute Gasteiger partial charge is 0.347 e. The summed E-state index contributed by atoms with van der Waals surface area (Å²) >= 11 is 0. The van der Waals surface area contributed by atoms with Crippen molar-refractivity contribution >= 4 is 0 Å². The molecule has 9 nitrogen and oxygen atoms in total. The van der Waals surface area contributed by atoms with E-state index >= 15 is 0 Å². The van der Waals surface area contributed by atoms with Gasteiger partial charge in [-0.2, -0.15) is 9.78 Å². The summed E-state index contributed by atoms with van der Waals surface area (Å²) in [5, 5.41) is 22.9. The van der Waals surface area contributed by atoms with E-state index in [-0.39, 0.29) is 0 Å². The predicted octanol–water partition coefficient (Wildman–Crippen LogP) is -3.49. The molecule has 2 rings (SSSR count). The van der Waals surface area contributed by atoms with Gasteiger partial charge in [0.2, 0.25) is 0 Å². The van der Waals surface area contributed by atoms with Gasteiger partial charge in [0.15, 0.2) is 11.8 Å². The van der Waals surface area contributed by atoms with Crippen LogP contribution in [0.4, 0.5) is 0 Å². The minimum Gasteiger partial charge on any atom is -0.394 e. The van der Waals surface area contributed by atoms with Crippen molar-refractivity contribution < 1.29 is 17.7 Å². The van der Waals surface area contributed by atoms with Gasteiger partial charge in [0, 0.05) is 0 Å². The molecule has 0 aromatic carbocycles. The second kappa shape index (κ2) is 4.60. The molecule has 9 heteroatoms. The first-order chi connectivity index (χ1) is 9.61. The van der Waals surface area contributed by atoms with Gasteiger partial charge >= 0.3 is 5.69 Å². The molecule has 1 aliphatic heterocycles. The lowest BCUT2D eigenvalue weighted by molar-refractivity contribution is -0.0530. The highest BCUT2D eigenvalue weighted by molar-refractivity contribution is 5.22. The topological polar surface area (TPSA) is 143 Å². The molecular formula is C10H12N4O5. The number of hydrogen-bond donors (Lipinski definition) is 4. The van der Waals surface area contributed by atoms with E-state index in [1.807, 2.05) is 10.9 Å². The molecule has 0 saturated carbocycles. The molecule has 0 spiro atoms. The van der Waals surface area contributed by atoms with Gasteiger partial charge in [0.1, 0.15) is 18.4 Å². The molecule has 0 amide bonds. The van der Waals surface area contributed by atoms with Gasteiger partial charge in [-0.25, -0.2) is 4.79 Å². The maximum Gasteiger partial charge on any atom is 0.347 e. The third kappa shape index (κ3) is 1.96. The van der Waals surface area contributed by atoms with Gasteiger partial charge in [-0.05, 0) is 0 Å². The Kier molecular flexibility index (Phi) is 2.63. The van der Waals surface area contributed by atoms with Crippen LogP contribution >= 0.6 is 0 Å². The SMILES string of the molecule is [2H]C([2H])(O)[C@H]1O[C@@H](n2ncc(=O)[nH]c2=O)C(N)(C#C)[C@H]1O. The van der Waals surface area contributed by atoms with Crippen LogP contribution in [-0.2, 0) is 4.74 Å². The van der Waals surface area contributed by atoms with Crippen LogP contribution in [0.5, 0.6) is 0 Å². The minimum absolute atomic E-state index is 0.566. The highest BCUT2D eigenvalue weighted by atomic mass is 16.5. The van der Waals surface area contributed by atoms with Crippen molar-refractivity contribution in [2.24, 2.45) is 5.73 Å². The summed E-state index contributed by atoms with van der Waals surface area (Å²) in [5.74, 6) is 2.02. The fourth-order valence-electron chi connectivity index (χ4n) is 1.77. The minimum atomic E-state index is -2.96. The second-order valence-electron chi connectivity index (χ2n) is 3.94. The number of hydrogen-bond acceptors (Lipinski definition) is 7. The normalized spacial score (nSPS) is 36.4. The molecule has 102 valence electrons. The maximum atomic E-state index is 11.7. The Balaban J connectivity index is 2.55. The number of aromatic nitrogens is 3. The Bertz CT molecular complexity index is 705. The van der Waals surface area contributed by atoms with Crippen LogP contribution in [0.25, 0.3) is 0 Å². The van der Waals surface area contributed by atoms with E-state index in [1.54, 1.807) is 0 Å². The maximum absolute atomic E-state index is 11.7. The number of aliphatic hydroxyl groups excluding tert-OH is 1. The van der Waals surface area contributed by atoms with Crippen molar-refractivity contribution in [1.29, 1.82) is 0 Å². The van der Waals surface area contributed by atoms with Crippen molar-refractivity contribution in [3.8, 4) is 12.3 Å². The van der Waals surface area contributed by atoms with Gasteiger partial charge < -0.3 is 20.7 Å². The molecule has 1 saturated heterocycles. The predicted molar refractivity (Wildman–Crippen MR) is 61.9 cm³/mol. The molecule has 1 aromatic rings. The van der Waals surface area contributed by atoms with E-state index in [0.717, 1.165) is 6.20 Å². The molecule has 0 radical (unpaired) electrons. The van der Waals surface area contributed by atoms with Gasteiger partial charge in [-0.1, -0.05) is 5.92 Å². The van der Waals surface area contributed by atoms with Crippen molar-refractivity contribution in [1.82, 2.24) is 14.8 Å². The molecule has 1 fully saturated rings. The highest BCUT2D eigenvalue weighted by Crippen LogP contribution is 2.34. The average molecular weight is 270 g/mol. The summed E-state index contributed by atoms with van der Waals surface area (Å²) in [7, 11) is 0. The Morgan fingerprint density at radius 2 is 2.47 bits per heavy atom. The number of terminal acetylenes is 1. The van der Waals surface area contributed by atoms with Crippen molar-refractivity contribution in [3.05, 3.63) is 27.0 Å². The Hall–Kier alpha value is -1.99. The summed E-state index contributed by atoms with van der Waals surface area (Å²) < 4.78 is 20.1. The number of rotatable bonds is 2. The fraction of sp³-hybridized carbons (Fsp3) is 0.500. The van der Waals surface area contributed by atoms with Crippen molar-refractivity contribution in [3.63, 3.8) is 0 Å². The van der Waals surface area contributed by atoms with Crippen LogP contribution in [0.1, 0.15) is 8.97 Å². The van der Waals surface area contributed by atoms with Crippen molar-refractivity contribution in [2.45, 2.75) is 24.0 Å². The van der Waals surface area contributed by atoms with Crippen LogP contribution in [-0.4, -0.2) is 49.3 Å². The van der Waals surface area contributed by atoms with Gasteiger partial charge in [0.25, 0.3) is 5.56 Å². The Labute approximate surface area is 109 Å². The highest BCUT2D eigenvalue weighted by Gasteiger charge is 2.54. The number of nitrogens with zero attached hydrogens (tertiary/aromatic N) is 2. The summed E-state index contributed by atoms with van der Waals surface area (Å²) in [6, 6.07) is 0. The quantitative estimate of drug-likeness (QED) is 0.408.